The molecule has 108 valence electrons. The lowest BCUT2D eigenvalue weighted by Crippen LogP contribution is -2.30. The molecule has 0 fully saturated rings. The van der Waals surface area contributed by atoms with Gasteiger partial charge in [0, 0.05) is 36.2 Å². The van der Waals surface area contributed by atoms with E-state index >= 15 is 0 Å². The predicted octanol–water partition coefficient (Wildman–Crippen LogP) is 2.72. The van der Waals surface area contributed by atoms with Gasteiger partial charge in [-0.2, -0.15) is 0 Å². The lowest BCUT2D eigenvalue weighted by atomic mass is 10.0. The molecule has 1 aliphatic heterocycles. The first-order valence-corrected chi connectivity index (χ1v) is 6.93. The van der Waals surface area contributed by atoms with Gasteiger partial charge in [-0.05, 0) is 31.9 Å². The average Bonchev–Trinajstić information content (AvgIpc) is 2.47. The summed E-state index contributed by atoms with van der Waals surface area (Å²) < 4.78 is 1.75. The van der Waals surface area contributed by atoms with Crippen molar-refractivity contribution in [1.29, 1.82) is 0 Å². The molecule has 1 atom stereocenters. The monoisotopic (exact) mass is 285 g/mol. The molecular formula is C15H15N3O3. The lowest BCUT2D eigenvalue weighted by molar-refractivity contribution is -0.384. The van der Waals surface area contributed by atoms with Crippen LogP contribution in [0.5, 0.6) is 0 Å². The first-order chi connectivity index (χ1) is 10.1. The summed E-state index contributed by atoms with van der Waals surface area (Å²) in [7, 11) is 0. The second-order valence-corrected chi connectivity index (χ2v) is 5.31. The molecule has 6 heteroatoms. The third-order valence-corrected chi connectivity index (χ3v) is 3.86. The molecule has 0 amide bonds. The van der Waals surface area contributed by atoms with Crippen LogP contribution in [-0.4, -0.2) is 14.5 Å². The number of non-ortho nitro benzene ring substituents is 1. The van der Waals surface area contributed by atoms with Gasteiger partial charge < -0.3 is 0 Å². The molecular weight excluding hydrogens is 270 g/mol. The van der Waals surface area contributed by atoms with E-state index in [-0.39, 0.29) is 17.3 Å². The van der Waals surface area contributed by atoms with E-state index in [0.717, 1.165) is 30.7 Å². The number of aryl methyl sites for hydroxylation is 1. The van der Waals surface area contributed by atoms with Gasteiger partial charge in [0.2, 0.25) is 0 Å². The number of fused-ring (bicyclic) bond motifs is 1. The number of hydrogen-bond acceptors (Lipinski definition) is 4. The van der Waals surface area contributed by atoms with Gasteiger partial charge in [-0.1, -0.05) is 0 Å². The van der Waals surface area contributed by atoms with Crippen molar-refractivity contribution in [3.8, 4) is 11.3 Å². The van der Waals surface area contributed by atoms with Gasteiger partial charge in [-0.15, -0.1) is 0 Å². The Morgan fingerprint density at radius 3 is 2.71 bits per heavy atom. The Kier molecular flexibility index (Phi) is 3.29. The molecule has 0 spiro atoms. The molecule has 3 rings (SSSR count). The van der Waals surface area contributed by atoms with Crippen molar-refractivity contribution in [3.05, 3.63) is 56.6 Å². The van der Waals surface area contributed by atoms with Crippen LogP contribution in [0.1, 0.15) is 31.6 Å². The Morgan fingerprint density at radius 2 is 2.05 bits per heavy atom. The van der Waals surface area contributed by atoms with Gasteiger partial charge in [0.25, 0.3) is 11.2 Å². The Bertz CT molecular complexity index is 750. The van der Waals surface area contributed by atoms with Gasteiger partial charge in [0.1, 0.15) is 5.82 Å². The van der Waals surface area contributed by atoms with Crippen LogP contribution in [0.15, 0.2) is 35.1 Å². The van der Waals surface area contributed by atoms with Gasteiger partial charge >= 0.3 is 0 Å². The van der Waals surface area contributed by atoms with Crippen LogP contribution in [0.4, 0.5) is 5.69 Å². The highest BCUT2D eigenvalue weighted by Gasteiger charge is 2.19. The zero-order chi connectivity index (χ0) is 15.0. The standard InChI is InChI=1S/C15H15N3O3/c1-10-3-2-4-14-16-13(9-15(19)17(10)14)11-5-7-12(8-6-11)18(20)21/h5-10H,2-4H2,1H3/t10-/m0/s1. The molecule has 2 heterocycles. The van der Waals surface area contributed by atoms with E-state index in [1.165, 1.54) is 18.2 Å². The predicted molar refractivity (Wildman–Crippen MR) is 78.2 cm³/mol. The van der Waals surface area contributed by atoms with E-state index in [1.807, 2.05) is 6.92 Å². The molecule has 21 heavy (non-hydrogen) atoms. The van der Waals surface area contributed by atoms with Crippen molar-refractivity contribution in [2.75, 3.05) is 0 Å². The number of benzene rings is 1. The van der Waals surface area contributed by atoms with Crippen molar-refractivity contribution < 1.29 is 4.92 Å². The lowest BCUT2D eigenvalue weighted by Gasteiger charge is -2.24. The van der Waals surface area contributed by atoms with Crippen LogP contribution in [0.3, 0.4) is 0 Å². The van der Waals surface area contributed by atoms with E-state index in [2.05, 4.69) is 4.98 Å². The molecule has 0 unspecified atom stereocenters. The normalized spacial score (nSPS) is 17.3. The third-order valence-electron chi connectivity index (χ3n) is 3.86. The van der Waals surface area contributed by atoms with Crippen LogP contribution in [-0.2, 0) is 6.42 Å². The molecule has 0 bridgehead atoms. The molecule has 0 aliphatic carbocycles. The van der Waals surface area contributed by atoms with Crippen molar-refractivity contribution in [3.63, 3.8) is 0 Å². The van der Waals surface area contributed by atoms with Gasteiger partial charge in [0.15, 0.2) is 0 Å². The number of nitrogens with zero attached hydrogens (tertiary/aromatic N) is 3. The Morgan fingerprint density at radius 1 is 1.33 bits per heavy atom. The fourth-order valence-electron chi connectivity index (χ4n) is 2.77. The van der Waals surface area contributed by atoms with E-state index in [4.69, 9.17) is 0 Å². The third kappa shape index (κ3) is 2.44. The highest BCUT2D eigenvalue weighted by Crippen LogP contribution is 2.24. The molecule has 6 nitrogen and oxygen atoms in total. The number of hydrogen-bond donors (Lipinski definition) is 0. The zero-order valence-electron chi connectivity index (χ0n) is 11.7. The average molecular weight is 285 g/mol. The minimum Gasteiger partial charge on any atom is -0.294 e. The Hall–Kier alpha value is -2.50. The number of nitro benzene ring substituents is 1. The molecule has 0 N–H and O–H groups in total. The molecule has 0 radical (unpaired) electrons. The Labute approximate surface area is 121 Å². The topological polar surface area (TPSA) is 78.0 Å². The summed E-state index contributed by atoms with van der Waals surface area (Å²) in [6.45, 7) is 2.03. The number of nitro groups is 1. The first kappa shape index (κ1) is 13.5. The first-order valence-electron chi connectivity index (χ1n) is 6.93. The SMILES string of the molecule is C[C@H]1CCCc2nc(-c3ccc([N+](=O)[O-])cc3)cc(=O)n21. The van der Waals surface area contributed by atoms with Crippen LogP contribution in [0.25, 0.3) is 11.3 Å². The van der Waals surface area contributed by atoms with Gasteiger partial charge in [-0.25, -0.2) is 4.98 Å². The molecule has 0 saturated carbocycles. The van der Waals surface area contributed by atoms with Crippen LogP contribution in [0.2, 0.25) is 0 Å². The maximum absolute atomic E-state index is 12.3. The Balaban J connectivity index is 2.05. The van der Waals surface area contributed by atoms with Crippen LogP contribution < -0.4 is 5.56 Å². The maximum atomic E-state index is 12.3. The minimum atomic E-state index is -0.444. The summed E-state index contributed by atoms with van der Waals surface area (Å²) in [6.07, 6.45) is 2.81. The molecule has 1 aromatic heterocycles. The highest BCUT2D eigenvalue weighted by molar-refractivity contribution is 5.60. The molecule has 2 aromatic rings. The summed E-state index contributed by atoms with van der Waals surface area (Å²) in [5.41, 5.74) is 1.28. The van der Waals surface area contributed by atoms with Gasteiger partial charge in [-0.3, -0.25) is 19.5 Å². The van der Waals surface area contributed by atoms with Crippen LogP contribution >= 0.6 is 0 Å². The van der Waals surface area contributed by atoms with Crippen molar-refractivity contribution in [2.45, 2.75) is 32.2 Å². The summed E-state index contributed by atoms with van der Waals surface area (Å²) in [6, 6.07) is 7.80. The summed E-state index contributed by atoms with van der Waals surface area (Å²) in [4.78, 5) is 27.0. The maximum Gasteiger partial charge on any atom is 0.269 e. The highest BCUT2D eigenvalue weighted by atomic mass is 16.6. The van der Waals surface area contributed by atoms with E-state index in [1.54, 1.807) is 16.7 Å². The van der Waals surface area contributed by atoms with Crippen molar-refractivity contribution in [2.24, 2.45) is 0 Å². The summed E-state index contributed by atoms with van der Waals surface area (Å²) in [5.74, 6) is 0.801. The van der Waals surface area contributed by atoms with Crippen LogP contribution in [0, 0.1) is 10.1 Å². The zero-order valence-corrected chi connectivity index (χ0v) is 11.7. The van der Waals surface area contributed by atoms with E-state index < -0.39 is 4.92 Å². The number of aromatic nitrogens is 2. The fourth-order valence-corrected chi connectivity index (χ4v) is 2.77. The summed E-state index contributed by atoms with van der Waals surface area (Å²) in [5, 5.41) is 10.7. The molecule has 1 aliphatic rings. The summed E-state index contributed by atoms with van der Waals surface area (Å²) >= 11 is 0. The van der Waals surface area contributed by atoms with Gasteiger partial charge in [0.05, 0.1) is 10.6 Å². The molecule has 1 aromatic carbocycles. The van der Waals surface area contributed by atoms with Crippen molar-refractivity contribution in [1.82, 2.24) is 9.55 Å². The quantitative estimate of drug-likeness (QED) is 0.627. The van der Waals surface area contributed by atoms with Crippen molar-refractivity contribution >= 4 is 5.69 Å². The molecule has 0 saturated heterocycles. The second-order valence-electron chi connectivity index (χ2n) is 5.31. The number of rotatable bonds is 2. The minimum absolute atomic E-state index is 0.0297. The van der Waals surface area contributed by atoms with E-state index in [9.17, 15) is 14.9 Å². The van der Waals surface area contributed by atoms with E-state index in [0.29, 0.717) is 5.69 Å². The second kappa shape index (κ2) is 5.12. The largest absolute Gasteiger partial charge is 0.294 e. The fraction of sp³-hybridized carbons (Fsp3) is 0.333. The smallest absolute Gasteiger partial charge is 0.269 e.